The summed E-state index contributed by atoms with van der Waals surface area (Å²) >= 11 is 5.83. The predicted octanol–water partition coefficient (Wildman–Crippen LogP) is 3.11. The first-order valence-corrected chi connectivity index (χ1v) is 6.96. The van der Waals surface area contributed by atoms with Gasteiger partial charge in [0.15, 0.2) is 0 Å². The maximum Gasteiger partial charge on any atom is 0.285 e. The highest BCUT2D eigenvalue weighted by Crippen LogP contribution is 2.21. The van der Waals surface area contributed by atoms with Gasteiger partial charge in [0.1, 0.15) is 6.26 Å². The number of halogens is 1. The molecule has 1 aromatic carbocycles. The first-order chi connectivity index (χ1) is 11.0. The van der Waals surface area contributed by atoms with Gasteiger partial charge in [0.2, 0.25) is 5.89 Å². The summed E-state index contributed by atoms with van der Waals surface area (Å²) < 4.78 is 6.59. The van der Waals surface area contributed by atoms with Crippen molar-refractivity contribution >= 4 is 17.3 Å². The summed E-state index contributed by atoms with van der Waals surface area (Å²) in [6.45, 7) is 0.0810. The van der Waals surface area contributed by atoms with E-state index in [2.05, 4.69) is 4.98 Å². The summed E-state index contributed by atoms with van der Waals surface area (Å²) in [6.07, 6.45) is 2.59. The fraction of sp³-hybridized carbons (Fsp3) is 0.0667. The van der Waals surface area contributed by atoms with Gasteiger partial charge in [0.25, 0.3) is 11.2 Å². The molecule has 3 aromatic rings. The van der Waals surface area contributed by atoms with E-state index in [1.807, 2.05) is 0 Å². The Labute approximate surface area is 134 Å². The smallest absolute Gasteiger partial charge is 0.285 e. The van der Waals surface area contributed by atoms with E-state index in [-0.39, 0.29) is 17.8 Å². The first kappa shape index (κ1) is 15.0. The Kier molecular flexibility index (Phi) is 3.94. The highest BCUT2D eigenvalue weighted by Gasteiger charge is 2.11. The lowest BCUT2D eigenvalue weighted by molar-refractivity contribution is -0.385. The molecule has 0 aliphatic rings. The van der Waals surface area contributed by atoms with Gasteiger partial charge in [0, 0.05) is 22.7 Å². The van der Waals surface area contributed by atoms with Crippen LogP contribution in [0.2, 0.25) is 5.02 Å². The van der Waals surface area contributed by atoms with Gasteiger partial charge in [-0.1, -0.05) is 11.6 Å². The summed E-state index contributed by atoms with van der Waals surface area (Å²) in [7, 11) is 0. The zero-order chi connectivity index (χ0) is 16.4. The summed E-state index contributed by atoms with van der Waals surface area (Å²) in [4.78, 5) is 26.3. The predicted molar refractivity (Wildman–Crippen MR) is 83.4 cm³/mol. The average molecular weight is 332 g/mol. The molecule has 2 aromatic heterocycles. The molecule has 0 saturated heterocycles. The van der Waals surface area contributed by atoms with E-state index in [0.29, 0.717) is 16.6 Å². The molecule has 2 heterocycles. The van der Waals surface area contributed by atoms with Crippen molar-refractivity contribution in [2.24, 2.45) is 0 Å². The molecule has 7 nitrogen and oxygen atoms in total. The van der Waals surface area contributed by atoms with Crippen molar-refractivity contribution in [3.8, 4) is 11.5 Å². The Morgan fingerprint density at radius 3 is 2.65 bits per heavy atom. The van der Waals surface area contributed by atoms with Gasteiger partial charge >= 0.3 is 0 Å². The van der Waals surface area contributed by atoms with Crippen molar-refractivity contribution in [1.82, 2.24) is 9.55 Å². The second-order valence-electron chi connectivity index (χ2n) is 4.76. The van der Waals surface area contributed by atoms with Crippen molar-refractivity contribution in [3.05, 3.63) is 80.0 Å². The molecule has 0 bridgehead atoms. The highest BCUT2D eigenvalue weighted by molar-refractivity contribution is 6.30. The molecule has 0 aliphatic carbocycles. The van der Waals surface area contributed by atoms with Gasteiger partial charge in [0.05, 0.1) is 23.4 Å². The van der Waals surface area contributed by atoms with Gasteiger partial charge < -0.3 is 8.98 Å². The van der Waals surface area contributed by atoms with Gasteiger partial charge in [-0.05, 0) is 24.3 Å². The van der Waals surface area contributed by atoms with Crippen LogP contribution in [0.3, 0.4) is 0 Å². The zero-order valence-corrected chi connectivity index (χ0v) is 12.4. The van der Waals surface area contributed by atoms with E-state index in [9.17, 15) is 14.9 Å². The van der Waals surface area contributed by atoms with Crippen molar-refractivity contribution in [2.75, 3.05) is 0 Å². The minimum atomic E-state index is -0.558. The number of benzene rings is 1. The molecule has 0 aliphatic heterocycles. The Bertz CT molecular complexity index is 915. The Hall–Kier alpha value is -2.93. The third kappa shape index (κ3) is 3.29. The van der Waals surface area contributed by atoms with Crippen LogP contribution in [0.5, 0.6) is 0 Å². The van der Waals surface area contributed by atoms with Crippen LogP contribution >= 0.6 is 11.6 Å². The normalized spacial score (nSPS) is 10.7. The molecule has 0 amide bonds. The molecule has 116 valence electrons. The number of oxazole rings is 1. The number of nitrogens with zero attached hydrogens (tertiary/aromatic N) is 3. The fourth-order valence-corrected chi connectivity index (χ4v) is 2.16. The van der Waals surface area contributed by atoms with Crippen molar-refractivity contribution < 1.29 is 9.34 Å². The number of hydrogen-bond acceptors (Lipinski definition) is 5. The lowest BCUT2D eigenvalue weighted by Crippen LogP contribution is -2.19. The summed E-state index contributed by atoms with van der Waals surface area (Å²) in [6, 6.07) is 9.27. The van der Waals surface area contributed by atoms with Crippen LogP contribution < -0.4 is 5.56 Å². The van der Waals surface area contributed by atoms with Crippen LogP contribution in [0, 0.1) is 10.1 Å². The molecular weight excluding hydrogens is 322 g/mol. The molecule has 23 heavy (non-hydrogen) atoms. The number of aromatic nitrogens is 2. The second kappa shape index (κ2) is 6.05. The molecule has 0 radical (unpaired) electrons. The Balaban J connectivity index is 1.87. The third-order valence-corrected chi connectivity index (χ3v) is 3.41. The monoisotopic (exact) mass is 331 g/mol. The number of pyridine rings is 1. The average Bonchev–Trinajstić information content (AvgIpc) is 2.98. The SMILES string of the molecule is O=c1ccc([N+](=O)[O-])cn1Cc1coc(-c2ccc(Cl)cc2)n1. The van der Waals surface area contributed by atoms with Gasteiger partial charge in [-0.3, -0.25) is 14.9 Å². The molecule has 0 saturated carbocycles. The molecule has 0 unspecified atom stereocenters. The lowest BCUT2D eigenvalue weighted by atomic mass is 10.2. The van der Waals surface area contributed by atoms with Gasteiger partial charge in [-0.25, -0.2) is 4.98 Å². The van der Waals surface area contributed by atoms with Crippen LogP contribution in [-0.2, 0) is 6.54 Å². The van der Waals surface area contributed by atoms with Crippen LogP contribution in [0.4, 0.5) is 5.69 Å². The second-order valence-corrected chi connectivity index (χ2v) is 5.20. The van der Waals surface area contributed by atoms with E-state index in [1.54, 1.807) is 24.3 Å². The van der Waals surface area contributed by atoms with E-state index in [1.165, 1.54) is 23.1 Å². The molecule has 0 N–H and O–H groups in total. The number of hydrogen-bond donors (Lipinski definition) is 0. The topological polar surface area (TPSA) is 91.2 Å². The largest absolute Gasteiger partial charge is 0.444 e. The van der Waals surface area contributed by atoms with E-state index in [0.717, 1.165) is 11.6 Å². The van der Waals surface area contributed by atoms with E-state index in [4.69, 9.17) is 16.0 Å². The molecule has 0 fully saturated rings. The Morgan fingerprint density at radius 2 is 1.96 bits per heavy atom. The highest BCUT2D eigenvalue weighted by atomic mass is 35.5. The van der Waals surface area contributed by atoms with Gasteiger partial charge in [-0.15, -0.1) is 0 Å². The lowest BCUT2D eigenvalue weighted by Gasteiger charge is -2.01. The van der Waals surface area contributed by atoms with Gasteiger partial charge in [-0.2, -0.15) is 0 Å². The number of nitro groups is 1. The minimum Gasteiger partial charge on any atom is -0.444 e. The third-order valence-electron chi connectivity index (χ3n) is 3.15. The molecular formula is C15H10ClN3O4. The van der Waals surface area contributed by atoms with Crippen molar-refractivity contribution in [2.45, 2.75) is 6.54 Å². The molecule has 0 atom stereocenters. The van der Waals surface area contributed by atoms with Crippen molar-refractivity contribution in [3.63, 3.8) is 0 Å². The molecule has 8 heteroatoms. The standard InChI is InChI=1S/C15H10ClN3O4/c16-11-3-1-10(2-4-11)15-17-12(9-23-15)7-18-8-13(19(21)22)5-6-14(18)20/h1-6,8-9H,7H2. The van der Waals surface area contributed by atoms with Crippen LogP contribution in [0.25, 0.3) is 11.5 Å². The van der Waals surface area contributed by atoms with Crippen LogP contribution in [0.1, 0.15) is 5.69 Å². The minimum absolute atomic E-state index is 0.0810. The summed E-state index contributed by atoms with van der Waals surface area (Å²) in [5.74, 6) is 0.384. The maximum absolute atomic E-state index is 11.8. The van der Waals surface area contributed by atoms with Crippen molar-refractivity contribution in [1.29, 1.82) is 0 Å². The fourth-order valence-electron chi connectivity index (χ4n) is 2.03. The van der Waals surface area contributed by atoms with Crippen LogP contribution in [0.15, 0.2) is 58.1 Å². The summed E-state index contributed by atoms with van der Waals surface area (Å²) in [5.41, 5.74) is 0.710. The molecule has 3 rings (SSSR count). The zero-order valence-electron chi connectivity index (χ0n) is 11.7. The van der Waals surface area contributed by atoms with E-state index >= 15 is 0 Å². The Morgan fingerprint density at radius 1 is 1.22 bits per heavy atom. The van der Waals surface area contributed by atoms with Crippen LogP contribution in [-0.4, -0.2) is 14.5 Å². The first-order valence-electron chi connectivity index (χ1n) is 6.58. The maximum atomic E-state index is 11.8. The summed E-state index contributed by atoms with van der Waals surface area (Å²) in [5, 5.41) is 11.4. The quantitative estimate of drug-likeness (QED) is 0.541. The number of rotatable bonds is 4. The molecule has 0 spiro atoms. The van der Waals surface area contributed by atoms with E-state index < -0.39 is 4.92 Å².